The Morgan fingerprint density at radius 1 is 1.16 bits per heavy atom. The van der Waals surface area contributed by atoms with Crippen LogP contribution in [0.3, 0.4) is 0 Å². The van der Waals surface area contributed by atoms with Crippen LogP contribution in [-0.2, 0) is 0 Å². The molecule has 1 unspecified atom stereocenters. The molecule has 0 radical (unpaired) electrons. The molecule has 0 bridgehead atoms. The molecule has 0 heterocycles. The fraction of sp³-hybridized carbons (Fsp3) is 0.300. The second kappa shape index (κ2) is 8.20. The summed E-state index contributed by atoms with van der Waals surface area (Å²) in [5.74, 6) is 3.95. The normalized spacial score (nSPS) is 18.3. The SMILES string of the molecule is CCCCC#CC1(Oc2cc(C(=O)O)cc(C(=O)O)c2)C=CC=CC1. The van der Waals surface area contributed by atoms with E-state index in [2.05, 4.69) is 18.8 Å². The number of ether oxygens (including phenoxy) is 1. The van der Waals surface area contributed by atoms with Crippen molar-refractivity contribution in [1.29, 1.82) is 0 Å². The summed E-state index contributed by atoms with van der Waals surface area (Å²) >= 11 is 0. The third-order valence-corrected chi connectivity index (χ3v) is 3.69. The molecular weight excluding hydrogens is 320 g/mol. The summed E-state index contributed by atoms with van der Waals surface area (Å²) in [7, 11) is 0. The molecule has 0 aliphatic heterocycles. The van der Waals surface area contributed by atoms with Crippen molar-refractivity contribution in [2.24, 2.45) is 0 Å². The third-order valence-electron chi connectivity index (χ3n) is 3.69. The van der Waals surface area contributed by atoms with Gasteiger partial charge < -0.3 is 14.9 Å². The van der Waals surface area contributed by atoms with E-state index in [9.17, 15) is 19.8 Å². The molecule has 1 aliphatic rings. The molecule has 25 heavy (non-hydrogen) atoms. The lowest BCUT2D eigenvalue weighted by Gasteiger charge is -2.27. The van der Waals surface area contributed by atoms with E-state index in [0.29, 0.717) is 6.42 Å². The highest BCUT2D eigenvalue weighted by atomic mass is 16.5. The lowest BCUT2D eigenvalue weighted by Crippen LogP contribution is -2.32. The summed E-state index contributed by atoms with van der Waals surface area (Å²) in [5, 5.41) is 18.4. The van der Waals surface area contributed by atoms with Gasteiger partial charge in [0.25, 0.3) is 0 Å². The Morgan fingerprint density at radius 2 is 1.84 bits per heavy atom. The van der Waals surface area contributed by atoms with Gasteiger partial charge in [0.05, 0.1) is 11.1 Å². The fourth-order valence-corrected chi connectivity index (χ4v) is 2.39. The Balaban J connectivity index is 2.36. The van der Waals surface area contributed by atoms with Crippen molar-refractivity contribution in [1.82, 2.24) is 0 Å². The van der Waals surface area contributed by atoms with E-state index in [-0.39, 0.29) is 16.9 Å². The van der Waals surface area contributed by atoms with Crippen molar-refractivity contribution in [3.8, 4) is 17.6 Å². The number of carboxylic acid groups (broad SMARTS) is 2. The van der Waals surface area contributed by atoms with Crippen LogP contribution in [0.2, 0.25) is 0 Å². The minimum absolute atomic E-state index is 0.140. The van der Waals surface area contributed by atoms with Crippen molar-refractivity contribution in [3.63, 3.8) is 0 Å². The molecule has 130 valence electrons. The van der Waals surface area contributed by atoms with E-state index < -0.39 is 17.5 Å². The Morgan fingerprint density at radius 3 is 2.36 bits per heavy atom. The predicted molar refractivity (Wildman–Crippen MR) is 93.9 cm³/mol. The van der Waals surface area contributed by atoms with Crippen LogP contribution in [0.15, 0.2) is 42.5 Å². The van der Waals surface area contributed by atoms with E-state index >= 15 is 0 Å². The van der Waals surface area contributed by atoms with Crippen LogP contribution >= 0.6 is 0 Å². The van der Waals surface area contributed by atoms with Gasteiger partial charge in [-0.25, -0.2) is 9.59 Å². The van der Waals surface area contributed by atoms with E-state index in [0.717, 1.165) is 25.3 Å². The molecule has 0 aromatic heterocycles. The summed E-state index contributed by atoms with van der Waals surface area (Å²) in [6.45, 7) is 2.09. The molecule has 5 heteroatoms. The highest BCUT2D eigenvalue weighted by molar-refractivity contribution is 5.94. The summed E-state index contributed by atoms with van der Waals surface area (Å²) in [6.07, 6.45) is 10.7. The first kappa shape index (κ1) is 18.3. The molecule has 2 rings (SSSR count). The maximum absolute atomic E-state index is 11.2. The van der Waals surface area contributed by atoms with Crippen LogP contribution in [0, 0.1) is 11.8 Å². The number of allylic oxidation sites excluding steroid dienone is 2. The van der Waals surface area contributed by atoms with E-state index in [4.69, 9.17) is 4.74 Å². The molecule has 0 saturated heterocycles. The summed E-state index contributed by atoms with van der Waals surface area (Å²) in [5.41, 5.74) is -1.20. The van der Waals surface area contributed by atoms with Gasteiger partial charge in [-0.2, -0.15) is 0 Å². The molecule has 1 aliphatic carbocycles. The Hall–Kier alpha value is -3.00. The number of carboxylic acids is 2. The first-order chi connectivity index (χ1) is 12.0. The zero-order chi connectivity index (χ0) is 18.3. The molecule has 0 amide bonds. The second-order valence-electron chi connectivity index (χ2n) is 5.74. The molecule has 1 aromatic carbocycles. The van der Waals surface area contributed by atoms with Crippen LogP contribution in [0.1, 0.15) is 53.3 Å². The maximum Gasteiger partial charge on any atom is 0.335 e. The average Bonchev–Trinajstić information content (AvgIpc) is 2.59. The summed E-state index contributed by atoms with van der Waals surface area (Å²) in [6, 6.07) is 3.74. The molecule has 1 atom stereocenters. The maximum atomic E-state index is 11.2. The molecule has 5 nitrogen and oxygen atoms in total. The van der Waals surface area contributed by atoms with Crippen LogP contribution in [0.5, 0.6) is 5.75 Å². The molecule has 0 fully saturated rings. The van der Waals surface area contributed by atoms with Crippen molar-refractivity contribution in [2.45, 2.75) is 38.2 Å². The zero-order valence-electron chi connectivity index (χ0n) is 14.0. The van der Waals surface area contributed by atoms with Gasteiger partial charge in [0.1, 0.15) is 5.75 Å². The second-order valence-corrected chi connectivity index (χ2v) is 5.74. The van der Waals surface area contributed by atoms with Crippen LogP contribution < -0.4 is 4.74 Å². The number of unbranched alkanes of at least 4 members (excludes halogenated alkanes) is 2. The van der Waals surface area contributed by atoms with E-state index in [1.54, 1.807) is 6.08 Å². The van der Waals surface area contributed by atoms with E-state index in [1.807, 2.05) is 18.2 Å². The number of hydrogen-bond donors (Lipinski definition) is 2. The predicted octanol–water partition coefficient (Wildman–Crippen LogP) is 3.91. The standard InChI is InChI=1S/C20H20O5/c1-2-3-4-6-9-20(10-7-5-8-11-20)25-17-13-15(18(21)22)12-16(14-17)19(23)24/h5,7-8,10,12-14H,2-4,11H2,1H3,(H,21,22)(H,23,24). The van der Waals surface area contributed by atoms with Gasteiger partial charge in [-0.05, 0) is 30.7 Å². The lowest BCUT2D eigenvalue weighted by molar-refractivity contribution is 0.0695. The van der Waals surface area contributed by atoms with Crippen molar-refractivity contribution in [3.05, 3.63) is 53.6 Å². The smallest absolute Gasteiger partial charge is 0.335 e. The first-order valence-corrected chi connectivity index (χ1v) is 8.11. The van der Waals surface area contributed by atoms with Gasteiger partial charge >= 0.3 is 11.9 Å². The molecule has 0 spiro atoms. The van der Waals surface area contributed by atoms with Gasteiger partial charge in [0, 0.05) is 12.8 Å². The van der Waals surface area contributed by atoms with Gasteiger partial charge in [0.15, 0.2) is 5.60 Å². The number of aromatic carboxylic acids is 2. The monoisotopic (exact) mass is 340 g/mol. The largest absolute Gasteiger partial charge is 0.478 e. The Kier molecular flexibility index (Phi) is 6.02. The Labute approximate surface area is 146 Å². The summed E-state index contributed by atoms with van der Waals surface area (Å²) in [4.78, 5) is 22.5. The van der Waals surface area contributed by atoms with Gasteiger partial charge in [-0.15, -0.1) is 0 Å². The van der Waals surface area contributed by atoms with Gasteiger partial charge in [-0.1, -0.05) is 43.4 Å². The highest BCUT2D eigenvalue weighted by Gasteiger charge is 2.28. The minimum atomic E-state index is -1.21. The molecule has 0 saturated carbocycles. The molecule has 2 N–H and O–H groups in total. The highest BCUT2D eigenvalue weighted by Crippen LogP contribution is 2.27. The van der Waals surface area contributed by atoms with Crippen LogP contribution in [0.25, 0.3) is 0 Å². The van der Waals surface area contributed by atoms with E-state index in [1.165, 1.54) is 12.1 Å². The molecular formula is C20H20O5. The van der Waals surface area contributed by atoms with Crippen molar-refractivity contribution in [2.75, 3.05) is 0 Å². The lowest BCUT2D eigenvalue weighted by atomic mass is 9.95. The average molecular weight is 340 g/mol. The minimum Gasteiger partial charge on any atom is -0.478 e. The summed E-state index contributed by atoms with van der Waals surface area (Å²) < 4.78 is 5.97. The first-order valence-electron chi connectivity index (χ1n) is 8.11. The van der Waals surface area contributed by atoms with Crippen molar-refractivity contribution >= 4 is 11.9 Å². The van der Waals surface area contributed by atoms with Crippen LogP contribution in [-0.4, -0.2) is 27.8 Å². The number of carbonyl (C=O) groups is 2. The topological polar surface area (TPSA) is 83.8 Å². The zero-order valence-corrected chi connectivity index (χ0v) is 14.0. The number of hydrogen-bond acceptors (Lipinski definition) is 3. The number of benzene rings is 1. The molecule has 1 aromatic rings. The third kappa shape index (κ3) is 4.98. The van der Waals surface area contributed by atoms with Crippen molar-refractivity contribution < 1.29 is 24.5 Å². The fourth-order valence-electron chi connectivity index (χ4n) is 2.39. The quantitative estimate of drug-likeness (QED) is 0.606. The van der Waals surface area contributed by atoms with Gasteiger partial charge in [0.2, 0.25) is 0 Å². The van der Waals surface area contributed by atoms with Gasteiger partial charge in [-0.3, -0.25) is 0 Å². The van der Waals surface area contributed by atoms with Crippen LogP contribution in [0.4, 0.5) is 0 Å². The number of rotatable bonds is 6. The Bertz CT molecular complexity index is 747.